The predicted octanol–water partition coefficient (Wildman–Crippen LogP) is 2.08. The Bertz CT molecular complexity index is 363. The molecule has 1 aromatic carbocycles. The number of halogens is 1. The molecule has 0 saturated carbocycles. The first-order valence-electron chi connectivity index (χ1n) is 4.90. The Balaban J connectivity index is 2.22. The van der Waals surface area contributed by atoms with Crippen LogP contribution in [0.2, 0.25) is 5.02 Å². The molecule has 3 nitrogen and oxygen atoms in total. The van der Waals surface area contributed by atoms with Crippen LogP contribution in [0.4, 0.5) is 0 Å². The Morgan fingerprint density at radius 1 is 1.40 bits per heavy atom. The summed E-state index contributed by atoms with van der Waals surface area (Å²) in [6.45, 7) is 0.754. The molecule has 0 aliphatic carbocycles. The maximum atomic E-state index is 11.0. The zero-order valence-electron chi connectivity index (χ0n) is 8.11. The van der Waals surface area contributed by atoms with Crippen LogP contribution in [0.1, 0.15) is 18.0 Å². The van der Waals surface area contributed by atoms with Crippen LogP contribution in [-0.4, -0.2) is 17.6 Å². The van der Waals surface area contributed by atoms with Crippen molar-refractivity contribution < 1.29 is 9.90 Å². The highest BCUT2D eigenvalue weighted by molar-refractivity contribution is 6.30. The Morgan fingerprint density at radius 3 is 2.67 bits per heavy atom. The van der Waals surface area contributed by atoms with E-state index in [0.29, 0.717) is 11.4 Å². The van der Waals surface area contributed by atoms with E-state index in [-0.39, 0.29) is 12.0 Å². The van der Waals surface area contributed by atoms with Crippen molar-refractivity contribution in [3.05, 3.63) is 34.9 Å². The van der Waals surface area contributed by atoms with Gasteiger partial charge in [-0.2, -0.15) is 0 Å². The van der Waals surface area contributed by atoms with E-state index in [1.165, 1.54) is 0 Å². The normalized spacial score (nSPS) is 25.4. The molecular formula is C11H12ClNO2. The van der Waals surface area contributed by atoms with Crippen molar-refractivity contribution in [2.45, 2.75) is 12.5 Å². The molecule has 1 aliphatic heterocycles. The first-order chi connectivity index (χ1) is 7.18. The van der Waals surface area contributed by atoms with Gasteiger partial charge in [-0.05, 0) is 30.7 Å². The lowest BCUT2D eigenvalue weighted by Gasteiger charge is -2.16. The maximum absolute atomic E-state index is 11.0. The average Bonchev–Trinajstić information content (AvgIpc) is 2.67. The minimum absolute atomic E-state index is 0.0835. The lowest BCUT2D eigenvalue weighted by atomic mass is 9.94. The van der Waals surface area contributed by atoms with Gasteiger partial charge in [0.25, 0.3) is 0 Å². The summed E-state index contributed by atoms with van der Waals surface area (Å²) >= 11 is 5.78. The Morgan fingerprint density at radius 2 is 2.07 bits per heavy atom. The quantitative estimate of drug-likeness (QED) is 0.810. The van der Waals surface area contributed by atoms with E-state index in [4.69, 9.17) is 16.7 Å². The van der Waals surface area contributed by atoms with E-state index in [2.05, 4.69) is 5.32 Å². The van der Waals surface area contributed by atoms with Gasteiger partial charge >= 0.3 is 5.97 Å². The maximum Gasteiger partial charge on any atom is 0.308 e. The van der Waals surface area contributed by atoms with Crippen LogP contribution >= 0.6 is 11.6 Å². The number of nitrogens with one attached hydrogen (secondary N) is 1. The number of hydrogen-bond acceptors (Lipinski definition) is 2. The SMILES string of the molecule is O=C(O)C1CCNC1c1ccc(Cl)cc1. The molecule has 2 unspecified atom stereocenters. The van der Waals surface area contributed by atoms with Crippen molar-refractivity contribution in [1.82, 2.24) is 5.32 Å². The fourth-order valence-electron chi connectivity index (χ4n) is 1.99. The molecule has 1 heterocycles. The summed E-state index contributed by atoms with van der Waals surface area (Å²) in [5.74, 6) is -1.06. The minimum Gasteiger partial charge on any atom is -0.481 e. The molecule has 80 valence electrons. The zero-order valence-corrected chi connectivity index (χ0v) is 8.87. The molecule has 4 heteroatoms. The summed E-state index contributed by atoms with van der Waals surface area (Å²) in [4.78, 5) is 11.0. The van der Waals surface area contributed by atoms with Gasteiger partial charge in [0, 0.05) is 11.1 Å². The number of carboxylic acid groups (broad SMARTS) is 1. The van der Waals surface area contributed by atoms with Crippen molar-refractivity contribution in [2.24, 2.45) is 5.92 Å². The van der Waals surface area contributed by atoms with E-state index in [1.54, 1.807) is 12.1 Å². The summed E-state index contributed by atoms with van der Waals surface area (Å²) in [7, 11) is 0. The Hall–Kier alpha value is -1.06. The van der Waals surface area contributed by atoms with Gasteiger partial charge < -0.3 is 10.4 Å². The molecule has 2 atom stereocenters. The smallest absolute Gasteiger partial charge is 0.308 e. The van der Waals surface area contributed by atoms with Crippen LogP contribution < -0.4 is 5.32 Å². The van der Waals surface area contributed by atoms with Gasteiger partial charge in [-0.1, -0.05) is 23.7 Å². The number of benzene rings is 1. The summed E-state index contributed by atoms with van der Waals surface area (Å²) in [6, 6.07) is 7.24. The predicted molar refractivity (Wildman–Crippen MR) is 57.9 cm³/mol. The van der Waals surface area contributed by atoms with Crippen LogP contribution in [0.5, 0.6) is 0 Å². The number of rotatable bonds is 2. The van der Waals surface area contributed by atoms with Gasteiger partial charge in [-0.15, -0.1) is 0 Å². The van der Waals surface area contributed by atoms with Gasteiger partial charge in [0.2, 0.25) is 0 Å². The van der Waals surface area contributed by atoms with Crippen LogP contribution in [0.15, 0.2) is 24.3 Å². The molecule has 1 fully saturated rings. The van der Waals surface area contributed by atoms with Crippen LogP contribution in [-0.2, 0) is 4.79 Å². The van der Waals surface area contributed by atoms with Crippen molar-refractivity contribution >= 4 is 17.6 Å². The highest BCUT2D eigenvalue weighted by Crippen LogP contribution is 2.30. The molecule has 0 aromatic heterocycles. The third kappa shape index (κ3) is 2.13. The highest BCUT2D eigenvalue weighted by atomic mass is 35.5. The molecule has 1 aliphatic rings. The molecule has 15 heavy (non-hydrogen) atoms. The fraction of sp³-hybridized carbons (Fsp3) is 0.364. The van der Waals surface area contributed by atoms with Gasteiger partial charge in [0.05, 0.1) is 5.92 Å². The van der Waals surface area contributed by atoms with Crippen LogP contribution in [0.3, 0.4) is 0 Å². The molecule has 0 radical (unpaired) electrons. The Kier molecular flexibility index (Phi) is 2.93. The molecule has 2 rings (SSSR count). The molecule has 1 aromatic rings. The van der Waals surface area contributed by atoms with Crippen molar-refractivity contribution in [3.8, 4) is 0 Å². The zero-order chi connectivity index (χ0) is 10.8. The summed E-state index contributed by atoms with van der Waals surface area (Å²) in [5, 5.41) is 12.9. The van der Waals surface area contributed by atoms with Gasteiger partial charge in [-0.25, -0.2) is 0 Å². The van der Waals surface area contributed by atoms with Crippen LogP contribution in [0.25, 0.3) is 0 Å². The molecule has 2 N–H and O–H groups in total. The van der Waals surface area contributed by atoms with Crippen LogP contribution in [0, 0.1) is 5.92 Å². The fourth-order valence-corrected chi connectivity index (χ4v) is 2.12. The van der Waals surface area contributed by atoms with Gasteiger partial charge in [-0.3, -0.25) is 4.79 Å². The van der Waals surface area contributed by atoms with E-state index < -0.39 is 5.97 Å². The van der Waals surface area contributed by atoms with E-state index in [1.807, 2.05) is 12.1 Å². The molecule has 0 amide bonds. The topological polar surface area (TPSA) is 49.3 Å². The van der Waals surface area contributed by atoms with Crippen molar-refractivity contribution in [3.63, 3.8) is 0 Å². The van der Waals surface area contributed by atoms with E-state index in [9.17, 15) is 4.79 Å². The minimum atomic E-state index is -0.736. The Labute approximate surface area is 93.1 Å². The largest absolute Gasteiger partial charge is 0.481 e. The summed E-state index contributed by atoms with van der Waals surface area (Å²) in [6.07, 6.45) is 0.683. The molecular weight excluding hydrogens is 214 g/mol. The first kappa shape index (κ1) is 10.5. The average molecular weight is 226 g/mol. The lowest BCUT2D eigenvalue weighted by molar-refractivity contribution is -0.142. The summed E-state index contributed by atoms with van der Waals surface area (Å²) < 4.78 is 0. The molecule has 0 bridgehead atoms. The number of carboxylic acids is 1. The number of hydrogen-bond donors (Lipinski definition) is 2. The number of aliphatic carboxylic acids is 1. The summed E-state index contributed by atoms with van der Waals surface area (Å²) in [5.41, 5.74) is 0.990. The molecule has 0 spiro atoms. The number of carbonyl (C=O) groups is 1. The van der Waals surface area contributed by atoms with E-state index >= 15 is 0 Å². The standard InChI is InChI=1S/C11H12ClNO2/c12-8-3-1-7(2-4-8)10-9(11(14)15)5-6-13-10/h1-4,9-10,13H,5-6H2,(H,14,15). The second-order valence-corrected chi connectivity index (χ2v) is 4.15. The van der Waals surface area contributed by atoms with Gasteiger partial charge in [0.15, 0.2) is 0 Å². The van der Waals surface area contributed by atoms with Crippen molar-refractivity contribution in [1.29, 1.82) is 0 Å². The lowest BCUT2D eigenvalue weighted by Crippen LogP contribution is -2.23. The van der Waals surface area contributed by atoms with Gasteiger partial charge in [0.1, 0.15) is 0 Å². The van der Waals surface area contributed by atoms with E-state index in [0.717, 1.165) is 12.1 Å². The second kappa shape index (κ2) is 4.21. The third-order valence-corrected chi connectivity index (χ3v) is 3.02. The first-order valence-corrected chi connectivity index (χ1v) is 5.28. The van der Waals surface area contributed by atoms with Crippen molar-refractivity contribution in [2.75, 3.05) is 6.54 Å². The monoisotopic (exact) mass is 225 g/mol. The third-order valence-electron chi connectivity index (χ3n) is 2.77. The highest BCUT2D eigenvalue weighted by Gasteiger charge is 2.33. The molecule has 1 saturated heterocycles. The second-order valence-electron chi connectivity index (χ2n) is 3.72.